The van der Waals surface area contributed by atoms with E-state index in [4.69, 9.17) is 25.6 Å². The average molecular weight is 631 g/mol. The minimum atomic E-state index is -0.360. The molecule has 1 aromatic heterocycles. The lowest BCUT2D eigenvalue weighted by atomic mass is 9.95. The first-order valence-electron chi connectivity index (χ1n) is 16.4. The lowest BCUT2D eigenvalue weighted by Crippen LogP contribution is -2.38. The second kappa shape index (κ2) is 15.6. The number of amidine groups is 1. The first-order chi connectivity index (χ1) is 22.3. The molecule has 0 spiro atoms. The fraction of sp³-hybridized carbons (Fsp3) is 0.500. The molecule has 0 atom stereocenters. The zero-order valence-corrected chi connectivity index (χ0v) is 26.9. The van der Waals surface area contributed by atoms with Gasteiger partial charge in [-0.1, -0.05) is 19.3 Å². The summed E-state index contributed by atoms with van der Waals surface area (Å²) in [4.78, 5) is 32.8. The summed E-state index contributed by atoms with van der Waals surface area (Å²) in [6, 6.07) is 13.3. The van der Waals surface area contributed by atoms with E-state index in [1.54, 1.807) is 19.1 Å². The number of rotatable bonds is 13. The van der Waals surface area contributed by atoms with Crippen LogP contribution in [-0.2, 0) is 27.4 Å². The molecule has 1 saturated heterocycles. The van der Waals surface area contributed by atoms with E-state index < -0.39 is 0 Å². The Kier molecular flexibility index (Phi) is 11.1. The van der Waals surface area contributed by atoms with E-state index in [9.17, 15) is 9.59 Å². The SMILES string of the molecule is C/C=N/N1CCC(Oc2ccc(N(CC(=O)OCC)Cc3nc4cc(C(=N)N)ccc4n3CC(=O)NC3CCCCC3)cc2)CC1. The molecule has 0 bridgehead atoms. The van der Waals surface area contributed by atoms with Crippen molar-refractivity contribution in [2.45, 2.75) is 84.0 Å². The molecule has 1 amide bonds. The van der Waals surface area contributed by atoms with Crippen molar-refractivity contribution in [2.75, 3.05) is 31.1 Å². The maximum absolute atomic E-state index is 13.3. The standard InChI is InChI=1S/C34H46N8O4/c1-3-37-41-18-16-28(17-19-41)46-27-13-11-26(12-14-27)40(23-33(44)45-4-2)21-31-39-29-20-24(34(35)36)10-15-30(29)42(31)22-32(43)38-25-8-6-5-7-9-25/h3,10-15,20,25,28H,4-9,16-19,21-23H2,1-2H3,(H3,35,36)(H,38,43)/b37-3+. The Balaban J connectivity index is 1.38. The maximum atomic E-state index is 13.3. The van der Waals surface area contributed by atoms with Crippen molar-refractivity contribution < 1.29 is 19.1 Å². The van der Waals surface area contributed by atoms with Gasteiger partial charge in [0.1, 0.15) is 36.6 Å². The van der Waals surface area contributed by atoms with Gasteiger partial charge in [0.05, 0.1) is 24.2 Å². The van der Waals surface area contributed by atoms with Crippen LogP contribution in [0.3, 0.4) is 0 Å². The van der Waals surface area contributed by atoms with Crippen molar-refractivity contribution in [1.29, 1.82) is 5.41 Å². The normalized spacial score (nSPS) is 16.1. The number of fused-ring (bicyclic) bond motifs is 1. The van der Waals surface area contributed by atoms with E-state index in [1.165, 1.54) is 6.42 Å². The number of nitrogen functional groups attached to an aromatic ring is 1. The van der Waals surface area contributed by atoms with Crippen LogP contribution in [0.15, 0.2) is 47.6 Å². The first-order valence-corrected chi connectivity index (χ1v) is 16.4. The average Bonchev–Trinajstić information content (AvgIpc) is 3.38. The minimum absolute atomic E-state index is 0.000617. The smallest absolute Gasteiger partial charge is 0.325 e. The molecule has 1 saturated carbocycles. The number of benzene rings is 2. The van der Waals surface area contributed by atoms with Crippen LogP contribution in [0.4, 0.5) is 5.69 Å². The molecule has 12 nitrogen and oxygen atoms in total. The summed E-state index contributed by atoms with van der Waals surface area (Å²) >= 11 is 0. The van der Waals surface area contributed by atoms with Crippen molar-refractivity contribution in [1.82, 2.24) is 19.9 Å². The summed E-state index contributed by atoms with van der Waals surface area (Å²) in [5.41, 5.74) is 8.51. The molecule has 3 aromatic rings. The number of esters is 1. The predicted molar refractivity (Wildman–Crippen MR) is 179 cm³/mol. The third-order valence-corrected chi connectivity index (χ3v) is 8.57. The van der Waals surface area contributed by atoms with Crippen molar-refractivity contribution in [2.24, 2.45) is 10.8 Å². The number of hydrazone groups is 1. The van der Waals surface area contributed by atoms with Crippen LogP contribution in [0.25, 0.3) is 11.0 Å². The number of ether oxygens (including phenoxy) is 2. The fourth-order valence-corrected chi connectivity index (χ4v) is 6.25. The zero-order chi connectivity index (χ0) is 32.5. The number of hydrogen-bond acceptors (Lipinski definition) is 9. The molecule has 2 fully saturated rings. The number of amides is 1. The summed E-state index contributed by atoms with van der Waals surface area (Å²) in [6.45, 7) is 6.02. The van der Waals surface area contributed by atoms with Gasteiger partial charge < -0.3 is 30.0 Å². The van der Waals surface area contributed by atoms with E-state index in [0.29, 0.717) is 16.9 Å². The number of aromatic nitrogens is 2. The molecule has 2 heterocycles. The molecule has 2 aromatic carbocycles. The van der Waals surface area contributed by atoms with Crippen LogP contribution in [-0.4, -0.2) is 76.9 Å². The number of hydrogen-bond donors (Lipinski definition) is 3. The van der Waals surface area contributed by atoms with Crippen LogP contribution < -0.4 is 20.7 Å². The Morgan fingerprint density at radius 3 is 2.52 bits per heavy atom. The zero-order valence-electron chi connectivity index (χ0n) is 26.9. The number of nitrogens with one attached hydrogen (secondary N) is 2. The molecule has 2 aliphatic rings. The van der Waals surface area contributed by atoms with Gasteiger partial charge >= 0.3 is 5.97 Å². The van der Waals surface area contributed by atoms with E-state index in [2.05, 4.69) is 15.4 Å². The second-order valence-corrected chi connectivity index (χ2v) is 11.9. The molecule has 5 rings (SSSR count). The van der Waals surface area contributed by atoms with Gasteiger partial charge in [-0.15, -0.1) is 0 Å². The quantitative estimate of drug-likeness (QED) is 0.145. The summed E-state index contributed by atoms with van der Waals surface area (Å²) in [6.07, 6.45) is 9.15. The fourth-order valence-electron chi connectivity index (χ4n) is 6.25. The largest absolute Gasteiger partial charge is 0.490 e. The van der Waals surface area contributed by atoms with E-state index in [1.807, 2.05) is 52.9 Å². The van der Waals surface area contributed by atoms with Crippen molar-refractivity contribution in [3.05, 3.63) is 53.9 Å². The van der Waals surface area contributed by atoms with Crippen molar-refractivity contribution in [3.63, 3.8) is 0 Å². The summed E-state index contributed by atoms with van der Waals surface area (Å²) < 4.78 is 13.5. The summed E-state index contributed by atoms with van der Waals surface area (Å²) in [5.74, 6) is 0.885. The topological polar surface area (TPSA) is 151 Å². The number of piperidine rings is 1. The van der Waals surface area contributed by atoms with Gasteiger partial charge in [-0.2, -0.15) is 5.10 Å². The Labute approximate surface area is 270 Å². The highest BCUT2D eigenvalue weighted by atomic mass is 16.5. The third kappa shape index (κ3) is 8.55. The molecular formula is C34H46N8O4. The lowest BCUT2D eigenvalue weighted by molar-refractivity contribution is -0.141. The molecule has 1 aliphatic heterocycles. The van der Waals surface area contributed by atoms with Gasteiger partial charge in [0, 0.05) is 49.4 Å². The molecule has 46 heavy (non-hydrogen) atoms. The lowest BCUT2D eigenvalue weighted by Gasteiger charge is -2.30. The predicted octanol–water partition coefficient (Wildman–Crippen LogP) is 4.19. The van der Waals surface area contributed by atoms with Crippen molar-refractivity contribution >= 4 is 40.6 Å². The molecular weight excluding hydrogens is 584 g/mol. The molecule has 4 N–H and O–H groups in total. The Hall–Kier alpha value is -4.61. The van der Waals surface area contributed by atoms with E-state index >= 15 is 0 Å². The maximum Gasteiger partial charge on any atom is 0.325 e. The van der Waals surface area contributed by atoms with Gasteiger partial charge in [0.2, 0.25) is 5.91 Å². The number of carbonyl (C=O) groups is 2. The van der Waals surface area contributed by atoms with Crippen LogP contribution in [0.1, 0.15) is 70.2 Å². The highest BCUT2D eigenvalue weighted by Gasteiger charge is 2.23. The van der Waals surface area contributed by atoms with E-state index in [0.717, 1.165) is 68.6 Å². The summed E-state index contributed by atoms with van der Waals surface area (Å²) in [7, 11) is 0. The molecule has 1 aliphatic carbocycles. The molecule has 12 heteroatoms. The highest BCUT2D eigenvalue weighted by Crippen LogP contribution is 2.26. The van der Waals surface area contributed by atoms with Gasteiger partial charge in [0.15, 0.2) is 0 Å². The second-order valence-electron chi connectivity index (χ2n) is 11.9. The summed E-state index contributed by atoms with van der Waals surface area (Å²) in [5, 5.41) is 17.5. The minimum Gasteiger partial charge on any atom is -0.490 e. The van der Waals surface area contributed by atoms with E-state index in [-0.39, 0.29) is 56.1 Å². The molecule has 246 valence electrons. The van der Waals surface area contributed by atoms with Crippen LogP contribution in [0.2, 0.25) is 0 Å². The highest BCUT2D eigenvalue weighted by molar-refractivity contribution is 5.98. The number of anilines is 1. The van der Waals surface area contributed by atoms with Crippen LogP contribution >= 0.6 is 0 Å². The Morgan fingerprint density at radius 2 is 1.85 bits per heavy atom. The van der Waals surface area contributed by atoms with Gasteiger partial charge in [-0.05, 0) is 69.2 Å². The number of nitrogens with two attached hydrogens (primary N) is 1. The van der Waals surface area contributed by atoms with Crippen LogP contribution in [0, 0.1) is 5.41 Å². The monoisotopic (exact) mass is 630 g/mol. The van der Waals surface area contributed by atoms with Crippen molar-refractivity contribution in [3.8, 4) is 5.75 Å². The van der Waals surface area contributed by atoms with Gasteiger partial charge in [-0.25, -0.2) is 4.98 Å². The van der Waals surface area contributed by atoms with Crippen LogP contribution in [0.5, 0.6) is 5.75 Å². The molecule has 0 unspecified atom stereocenters. The number of imidazole rings is 1. The van der Waals surface area contributed by atoms with Gasteiger partial charge in [0.25, 0.3) is 0 Å². The van der Waals surface area contributed by atoms with Gasteiger partial charge in [-0.3, -0.25) is 20.0 Å². The Bertz CT molecular complexity index is 1520. The molecule has 0 radical (unpaired) electrons. The third-order valence-electron chi connectivity index (χ3n) is 8.57. The number of carbonyl (C=O) groups excluding carboxylic acids is 2. The number of nitrogens with zero attached hydrogens (tertiary/aromatic N) is 5. The Morgan fingerprint density at radius 1 is 1.11 bits per heavy atom. The first kappa shape index (κ1) is 32.8.